The van der Waals surface area contributed by atoms with E-state index in [1.54, 1.807) is 0 Å². The SMILES string of the molecule is CCC=C(C)C(=O)ON(C)S(=O)(=O)C(F)(F)C(F)(F)C(F)(F)C(F)(F)C(F)(F)C(F)(F)C(F)(F)C(F)(F)F. The van der Waals surface area contributed by atoms with Crippen molar-refractivity contribution >= 4 is 16.0 Å². The topological polar surface area (TPSA) is 63.7 Å². The minimum atomic E-state index is -8.95. The number of rotatable bonds is 11. The maximum atomic E-state index is 14.0. The fraction of sp³-hybridized carbons (Fsp3) is 0.800. The summed E-state index contributed by atoms with van der Waals surface area (Å²) in [5.41, 5.74) is -0.658. The Bertz CT molecular complexity index is 1030. The lowest BCUT2D eigenvalue weighted by Gasteiger charge is -2.42. The van der Waals surface area contributed by atoms with Gasteiger partial charge in [0.1, 0.15) is 0 Å². The Morgan fingerprint density at radius 1 is 0.684 bits per heavy atom. The van der Waals surface area contributed by atoms with Crippen LogP contribution in [-0.2, 0) is 19.7 Å². The molecule has 0 aromatic rings. The zero-order chi connectivity index (χ0) is 31.4. The third kappa shape index (κ3) is 4.87. The quantitative estimate of drug-likeness (QED) is 0.160. The van der Waals surface area contributed by atoms with E-state index in [-0.39, 0.29) is 6.42 Å². The van der Waals surface area contributed by atoms with Gasteiger partial charge in [-0.25, -0.2) is 13.2 Å². The van der Waals surface area contributed by atoms with E-state index in [0.717, 1.165) is 13.0 Å². The van der Waals surface area contributed by atoms with Gasteiger partial charge < -0.3 is 4.84 Å². The van der Waals surface area contributed by atoms with Gasteiger partial charge in [0.05, 0.1) is 0 Å². The van der Waals surface area contributed by atoms with Crippen LogP contribution in [0, 0.1) is 0 Å². The van der Waals surface area contributed by atoms with Gasteiger partial charge in [-0.1, -0.05) is 13.0 Å². The first-order valence-electron chi connectivity index (χ1n) is 8.87. The Kier molecular flexibility index (Phi) is 9.30. The van der Waals surface area contributed by atoms with Crippen molar-refractivity contribution in [2.45, 2.75) is 67.2 Å². The van der Waals surface area contributed by atoms with Crippen LogP contribution < -0.4 is 0 Å². The minimum Gasteiger partial charge on any atom is -0.349 e. The van der Waals surface area contributed by atoms with Crippen LogP contribution in [0.25, 0.3) is 0 Å². The molecule has 0 heterocycles. The van der Waals surface area contributed by atoms with Crippen LogP contribution in [0.1, 0.15) is 20.3 Å². The summed E-state index contributed by atoms with van der Waals surface area (Å²) < 4.78 is 247. The van der Waals surface area contributed by atoms with Crippen molar-refractivity contribution in [3.05, 3.63) is 11.6 Å². The lowest BCUT2D eigenvalue weighted by Crippen LogP contribution is -2.75. The molecule has 0 unspecified atom stereocenters. The van der Waals surface area contributed by atoms with Gasteiger partial charge in [0, 0.05) is 12.6 Å². The Hall–Kier alpha value is -2.07. The van der Waals surface area contributed by atoms with Crippen molar-refractivity contribution in [3.8, 4) is 0 Å². The summed E-state index contributed by atoms with van der Waals surface area (Å²) in [6.07, 6.45) is -7.08. The summed E-state index contributed by atoms with van der Waals surface area (Å²) in [7, 11) is -8.13. The molecule has 0 radical (unpaired) electrons. The molecule has 23 heteroatoms. The van der Waals surface area contributed by atoms with Crippen LogP contribution in [0.5, 0.6) is 0 Å². The molecule has 226 valence electrons. The highest BCUT2D eigenvalue weighted by Gasteiger charge is 2.96. The maximum absolute atomic E-state index is 14.0. The highest BCUT2D eigenvalue weighted by atomic mass is 32.2. The largest absolute Gasteiger partial charge is 0.460 e. The highest BCUT2D eigenvalue weighted by Crippen LogP contribution is 2.64. The van der Waals surface area contributed by atoms with Crippen molar-refractivity contribution < 1.29 is 92.7 Å². The lowest BCUT2D eigenvalue weighted by molar-refractivity contribution is -0.458. The molecule has 5 nitrogen and oxygen atoms in total. The van der Waals surface area contributed by atoms with Crippen molar-refractivity contribution in [2.75, 3.05) is 7.05 Å². The number of allylic oxidation sites excluding steroid dienone is 1. The average Bonchev–Trinajstić information content (AvgIpc) is 2.71. The second-order valence-corrected chi connectivity index (χ2v) is 9.03. The van der Waals surface area contributed by atoms with Gasteiger partial charge in [-0.2, -0.15) is 74.6 Å². The van der Waals surface area contributed by atoms with Gasteiger partial charge in [-0.05, 0) is 17.8 Å². The molecule has 0 spiro atoms. The maximum Gasteiger partial charge on any atom is 0.460 e. The van der Waals surface area contributed by atoms with E-state index < -0.39 is 80.0 Å². The fourth-order valence-corrected chi connectivity index (χ4v) is 3.04. The highest BCUT2D eigenvalue weighted by molar-refractivity contribution is 7.90. The van der Waals surface area contributed by atoms with Gasteiger partial charge in [-0.3, -0.25) is 0 Å². The standard InChI is InChI=1S/C15H12F17NO4S/c1-4-5-6(2)7(34)37-33(3)38(35,36)15(31,32)13(26,27)11(22,23)9(18,19)8(16,17)10(20,21)12(24,25)14(28,29)30/h5H,4H2,1-3H3. The number of hydroxylamine groups is 1. The van der Waals surface area contributed by atoms with Crippen molar-refractivity contribution in [3.63, 3.8) is 0 Å². The van der Waals surface area contributed by atoms with Crippen LogP contribution in [0.15, 0.2) is 11.6 Å². The minimum absolute atomic E-state index is 0.0425. The Labute approximate surface area is 200 Å². The first-order valence-corrected chi connectivity index (χ1v) is 10.3. The number of alkyl halides is 17. The molecule has 0 aliphatic rings. The van der Waals surface area contributed by atoms with Gasteiger partial charge in [0.15, 0.2) is 0 Å². The van der Waals surface area contributed by atoms with Gasteiger partial charge in [0.2, 0.25) is 0 Å². The number of carbonyl (C=O) groups is 1. The summed E-state index contributed by atoms with van der Waals surface area (Å²) in [5.74, 6) is -54.2. The smallest absolute Gasteiger partial charge is 0.349 e. The Morgan fingerprint density at radius 2 is 1.00 bits per heavy atom. The molecule has 0 aliphatic heterocycles. The van der Waals surface area contributed by atoms with Crippen molar-refractivity contribution in [2.24, 2.45) is 0 Å². The predicted octanol–water partition coefficient (Wildman–Crippen LogP) is 6.03. The molecule has 0 atom stereocenters. The first-order chi connectivity index (χ1) is 16.3. The summed E-state index contributed by atoms with van der Waals surface area (Å²) in [6, 6.07) is 0. The molecule has 0 N–H and O–H groups in total. The van der Waals surface area contributed by atoms with Crippen LogP contribution in [-0.4, -0.2) is 72.9 Å². The number of halogens is 17. The molecule has 38 heavy (non-hydrogen) atoms. The average molecular weight is 625 g/mol. The van der Waals surface area contributed by atoms with E-state index in [2.05, 4.69) is 4.84 Å². The van der Waals surface area contributed by atoms with Gasteiger partial charge in [0.25, 0.3) is 0 Å². The Balaban J connectivity index is 6.88. The molecular weight excluding hydrogens is 613 g/mol. The zero-order valence-electron chi connectivity index (χ0n) is 18.2. The van der Waals surface area contributed by atoms with E-state index in [9.17, 15) is 87.8 Å². The van der Waals surface area contributed by atoms with E-state index in [4.69, 9.17) is 0 Å². The summed E-state index contributed by atoms with van der Waals surface area (Å²) in [6.45, 7) is 2.10. The molecular formula is C15H12F17NO4S. The monoisotopic (exact) mass is 625 g/mol. The summed E-state index contributed by atoms with van der Waals surface area (Å²) in [5, 5.41) is -7.82. The molecule has 0 saturated heterocycles. The van der Waals surface area contributed by atoms with Crippen LogP contribution in [0.4, 0.5) is 74.6 Å². The molecule has 0 aromatic heterocycles. The summed E-state index contributed by atoms with van der Waals surface area (Å²) >= 11 is 0. The number of hydrogen-bond donors (Lipinski definition) is 0. The predicted molar refractivity (Wildman–Crippen MR) is 87.5 cm³/mol. The van der Waals surface area contributed by atoms with Gasteiger partial charge in [-0.15, -0.1) is 0 Å². The molecule has 0 rings (SSSR count). The molecule has 0 aliphatic carbocycles. The van der Waals surface area contributed by atoms with Crippen LogP contribution in [0.2, 0.25) is 0 Å². The van der Waals surface area contributed by atoms with E-state index in [1.165, 1.54) is 6.92 Å². The summed E-state index contributed by atoms with van der Waals surface area (Å²) in [4.78, 5) is 15.1. The normalized spacial score (nSPS) is 16.2. The fourth-order valence-electron chi connectivity index (χ4n) is 2.10. The first kappa shape index (κ1) is 35.9. The number of nitrogens with zero attached hydrogens (tertiary/aromatic N) is 1. The van der Waals surface area contributed by atoms with E-state index in [1.807, 2.05) is 0 Å². The van der Waals surface area contributed by atoms with Crippen LogP contribution in [0.3, 0.4) is 0 Å². The zero-order valence-corrected chi connectivity index (χ0v) is 19.0. The molecule has 0 aromatic carbocycles. The molecule has 0 amide bonds. The molecule has 0 fully saturated rings. The van der Waals surface area contributed by atoms with Crippen molar-refractivity contribution in [1.29, 1.82) is 0 Å². The Morgan fingerprint density at radius 3 is 1.32 bits per heavy atom. The number of sulfonamides is 1. The number of carbonyl (C=O) groups excluding carboxylic acids is 1. The molecule has 0 saturated carbocycles. The van der Waals surface area contributed by atoms with Gasteiger partial charge >= 0.3 is 63.0 Å². The molecule has 0 bridgehead atoms. The van der Waals surface area contributed by atoms with E-state index >= 15 is 0 Å². The second-order valence-electron chi connectivity index (χ2n) is 7.05. The number of hydrogen-bond acceptors (Lipinski definition) is 4. The van der Waals surface area contributed by atoms with Crippen LogP contribution >= 0.6 is 0 Å². The third-order valence-corrected chi connectivity index (χ3v) is 6.06. The lowest BCUT2D eigenvalue weighted by atomic mass is 9.91. The van der Waals surface area contributed by atoms with Crippen molar-refractivity contribution in [1.82, 2.24) is 4.47 Å². The third-order valence-electron chi connectivity index (χ3n) is 4.40. The van der Waals surface area contributed by atoms with E-state index in [0.29, 0.717) is 0 Å². The second kappa shape index (κ2) is 9.84.